The van der Waals surface area contributed by atoms with Gasteiger partial charge in [-0.05, 0) is 0 Å². The number of nitro groups is 2. The van der Waals surface area contributed by atoms with Crippen LogP contribution in [-0.2, 0) is 4.74 Å². The van der Waals surface area contributed by atoms with Crippen molar-refractivity contribution in [2.45, 2.75) is 12.6 Å². The van der Waals surface area contributed by atoms with Gasteiger partial charge in [0.15, 0.2) is 0 Å². The molecule has 0 rings (SSSR count). The van der Waals surface area contributed by atoms with Gasteiger partial charge in [-0.25, -0.2) is 4.79 Å². The maximum atomic E-state index is 10.0. The molecule has 0 aromatic rings. The van der Waals surface area contributed by atoms with Gasteiger partial charge in [0.1, 0.15) is 13.0 Å². The fourth-order valence-corrected chi connectivity index (χ4v) is 0.610. The SMILES string of the molecule is O=C(Cl)OCCC([N+](=O)[O-])[N+](=O)[O-]. The van der Waals surface area contributed by atoms with E-state index < -0.39 is 34.5 Å². The molecule has 8 nitrogen and oxygen atoms in total. The first-order chi connectivity index (χ1) is 5.95. The summed E-state index contributed by atoms with van der Waals surface area (Å²) < 4.78 is 4.09. The van der Waals surface area contributed by atoms with E-state index in [9.17, 15) is 25.0 Å². The van der Waals surface area contributed by atoms with Crippen molar-refractivity contribution >= 4 is 17.0 Å². The van der Waals surface area contributed by atoms with Crippen LogP contribution >= 0.6 is 11.6 Å². The van der Waals surface area contributed by atoms with Gasteiger partial charge in [0.05, 0.1) is 9.85 Å². The maximum Gasteiger partial charge on any atom is 0.454 e. The van der Waals surface area contributed by atoms with Gasteiger partial charge in [-0.15, -0.1) is 0 Å². The van der Waals surface area contributed by atoms with Crippen LogP contribution in [0, 0.1) is 20.2 Å². The molecule has 13 heavy (non-hydrogen) atoms. The van der Waals surface area contributed by atoms with Crippen molar-refractivity contribution in [3.05, 3.63) is 20.2 Å². The minimum atomic E-state index is -1.96. The van der Waals surface area contributed by atoms with E-state index in [1.807, 2.05) is 0 Å². The van der Waals surface area contributed by atoms with E-state index in [-0.39, 0.29) is 0 Å². The van der Waals surface area contributed by atoms with Crippen molar-refractivity contribution < 1.29 is 19.4 Å². The van der Waals surface area contributed by atoms with Crippen LogP contribution < -0.4 is 0 Å². The molecule has 74 valence electrons. The molecule has 0 amide bonds. The number of carbonyl (C=O) groups excluding carboxylic acids is 1. The molecule has 0 radical (unpaired) electrons. The van der Waals surface area contributed by atoms with Gasteiger partial charge in [-0.1, -0.05) is 0 Å². The molecule has 9 heteroatoms. The summed E-state index contributed by atoms with van der Waals surface area (Å²) in [6.07, 6.45) is -2.46. The number of rotatable bonds is 5. The van der Waals surface area contributed by atoms with Crippen LogP contribution in [0.5, 0.6) is 0 Å². The average Bonchev–Trinajstić information content (AvgIpc) is 1.95. The number of hydrogen-bond acceptors (Lipinski definition) is 6. The van der Waals surface area contributed by atoms with Crippen LogP contribution in [-0.4, -0.2) is 28.0 Å². The normalized spacial score (nSPS) is 9.69. The van der Waals surface area contributed by atoms with Crippen LogP contribution in [0.2, 0.25) is 0 Å². The lowest BCUT2D eigenvalue weighted by Gasteiger charge is -2.01. The summed E-state index contributed by atoms with van der Waals surface area (Å²) in [5.41, 5.74) is -1.15. The van der Waals surface area contributed by atoms with E-state index in [4.69, 9.17) is 11.6 Å². The van der Waals surface area contributed by atoms with Gasteiger partial charge in [0.25, 0.3) is 0 Å². The predicted octanol–water partition coefficient (Wildman–Crippen LogP) is 0.631. The Hall–Kier alpha value is -1.44. The largest absolute Gasteiger partial charge is 0.454 e. The second-order valence-corrected chi connectivity index (χ2v) is 2.23. The molecule has 0 spiro atoms. The molecule has 0 unspecified atom stereocenters. The Bertz CT molecular complexity index is 217. The number of nitrogens with zero attached hydrogens (tertiary/aromatic N) is 2. The number of carbonyl (C=O) groups is 1. The first-order valence-corrected chi connectivity index (χ1v) is 3.42. The summed E-state index contributed by atoms with van der Waals surface area (Å²) >= 11 is 4.72. The summed E-state index contributed by atoms with van der Waals surface area (Å²) in [5, 5.41) is 20.0. The summed E-state index contributed by atoms with van der Waals surface area (Å²) in [5.74, 6) is 0. The Morgan fingerprint density at radius 3 is 2.15 bits per heavy atom. The highest BCUT2D eigenvalue weighted by molar-refractivity contribution is 6.61. The zero-order valence-electron chi connectivity index (χ0n) is 6.21. The highest BCUT2D eigenvalue weighted by Gasteiger charge is 2.31. The van der Waals surface area contributed by atoms with Crippen LogP contribution in [0.15, 0.2) is 0 Å². The van der Waals surface area contributed by atoms with Crippen molar-refractivity contribution in [1.82, 2.24) is 0 Å². The van der Waals surface area contributed by atoms with E-state index in [1.165, 1.54) is 0 Å². The zero-order chi connectivity index (χ0) is 10.4. The fourth-order valence-electron chi connectivity index (χ4n) is 0.532. The van der Waals surface area contributed by atoms with Gasteiger partial charge in [0, 0.05) is 11.6 Å². The molecule has 0 aliphatic carbocycles. The van der Waals surface area contributed by atoms with Crippen LogP contribution in [0.4, 0.5) is 4.79 Å². The summed E-state index contributed by atoms with van der Waals surface area (Å²) in [6, 6.07) is 0. The number of hydrogen-bond donors (Lipinski definition) is 0. The standard InChI is InChI=1S/C4H5ClN2O6/c5-4(8)13-2-1-3(6(9)10)7(11)12/h3H,1-2H2. The highest BCUT2D eigenvalue weighted by atomic mass is 35.5. The topological polar surface area (TPSA) is 113 Å². The molecule has 0 aromatic carbocycles. The van der Waals surface area contributed by atoms with E-state index in [2.05, 4.69) is 4.74 Å². The van der Waals surface area contributed by atoms with Crippen molar-refractivity contribution in [2.75, 3.05) is 6.61 Å². The molecule has 0 N–H and O–H groups in total. The molecule has 0 aromatic heterocycles. The molecule has 0 bridgehead atoms. The van der Waals surface area contributed by atoms with Crippen LogP contribution in [0.25, 0.3) is 0 Å². The third kappa shape index (κ3) is 4.90. The van der Waals surface area contributed by atoms with Gasteiger partial charge in [-0.2, -0.15) is 0 Å². The van der Waals surface area contributed by atoms with Crippen LogP contribution in [0.1, 0.15) is 6.42 Å². The van der Waals surface area contributed by atoms with Crippen molar-refractivity contribution in [3.8, 4) is 0 Å². The summed E-state index contributed by atoms with van der Waals surface area (Å²) in [6.45, 7) is -0.449. The monoisotopic (exact) mass is 212 g/mol. The number of ether oxygens (including phenoxy) is 1. The Kier molecular flexibility index (Phi) is 4.67. The van der Waals surface area contributed by atoms with Crippen LogP contribution in [0.3, 0.4) is 0 Å². The highest BCUT2D eigenvalue weighted by Crippen LogP contribution is 1.99. The minimum absolute atomic E-state index is 0.449. The van der Waals surface area contributed by atoms with E-state index in [0.29, 0.717) is 0 Å². The maximum absolute atomic E-state index is 10.0. The zero-order valence-corrected chi connectivity index (χ0v) is 6.97. The molecule has 0 heterocycles. The van der Waals surface area contributed by atoms with Gasteiger partial charge < -0.3 is 4.74 Å². The lowest BCUT2D eigenvalue weighted by atomic mass is 10.4. The van der Waals surface area contributed by atoms with Crippen molar-refractivity contribution in [1.29, 1.82) is 0 Å². The molecule has 0 atom stereocenters. The Morgan fingerprint density at radius 1 is 1.38 bits per heavy atom. The second-order valence-electron chi connectivity index (χ2n) is 1.93. The Balaban J connectivity index is 3.91. The molecular formula is C4H5ClN2O6. The Labute approximate surface area is 76.7 Å². The van der Waals surface area contributed by atoms with Crippen molar-refractivity contribution in [3.63, 3.8) is 0 Å². The molecule has 0 aliphatic heterocycles. The quantitative estimate of drug-likeness (QED) is 0.286. The van der Waals surface area contributed by atoms with Crippen molar-refractivity contribution in [2.24, 2.45) is 0 Å². The lowest BCUT2D eigenvalue weighted by Crippen LogP contribution is -2.30. The summed E-state index contributed by atoms with van der Waals surface area (Å²) in [7, 11) is 0. The first kappa shape index (κ1) is 11.6. The van der Waals surface area contributed by atoms with E-state index in [0.717, 1.165) is 0 Å². The van der Waals surface area contributed by atoms with Gasteiger partial charge >= 0.3 is 11.6 Å². The first-order valence-electron chi connectivity index (χ1n) is 3.04. The second kappa shape index (κ2) is 5.25. The summed E-state index contributed by atoms with van der Waals surface area (Å²) in [4.78, 5) is 27.8. The Morgan fingerprint density at radius 2 is 1.85 bits per heavy atom. The smallest absolute Gasteiger partial charge is 0.453 e. The number of halogens is 1. The third-order valence-electron chi connectivity index (χ3n) is 1.08. The average molecular weight is 213 g/mol. The fraction of sp³-hybridized carbons (Fsp3) is 0.750. The minimum Gasteiger partial charge on any atom is -0.453 e. The van der Waals surface area contributed by atoms with E-state index >= 15 is 0 Å². The molecular weight excluding hydrogens is 208 g/mol. The molecule has 0 saturated carbocycles. The van der Waals surface area contributed by atoms with E-state index in [1.54, 1.807) is 0 Å². The molecule has 0 aliphatic rings. The third-order valence-corrected chi connectivity index (χ3v) is 1.19. The lowest BCUT2D eigenvalue weighted by molar-refractivity contribution is -0.743. The molecule has 0 fully saturated rings. The van der Waals surface area contributed by atoms with Gasteiger partial charge in [-0.3, -0.25) is 20.2 Å². The predicted molar refractivity (Wildman–Crippen MR) is 39.6 cm³/mol. The van der Waals surface area contributed by atoms with Gasteiger partial charge in [0.2, 0.25) is 0 Å². The molecule has 0 saturated heterocycles.